The molecule has 0 aliphatic rings. The number of hydrogen-bond donors (Lipinski definition) is 4. The van der Waals surface area contributed by atoms with Crippen LogP contribution in [0.3, 0.4) is 0 Å². The molecule has 0 radical (unpaired) electrons. The van der Waals surface area contributed by atoms with E-state index in [1.807, 2.05) is 0 Å². The molecule has 1 atom stereocenters. The van der Waals surface area contributed by atoms with Crippen LogP contribution in [0.5, 0.6) is 0 Å². The first-order valence-corrected chi connectivity index (χ1v) is 10.2. The Morgan fingerprint density at radius 1 is 1.26 bits per heavy atom. The maximum atomic E-state index is 9.29. The summed E-state index contributed by atoms with van der Waals surface area (Å²) in [7, 11) is 0. The molecule has 0 fully saturated rings. The number of benzene rings is 1. The molecule has 0 aliphatic heterocycles. The molecule has 5 heteroatoms. The van der Waals surface area contributed by atoms with Crippen molar-refractivity contribution in [2.24, 2.45) is 16.8 Å². The number of H-pyrrole nitrogens is 1. The number of aliphatic hydroxyl groups is 1. The highest BCUT2D eigenvalue weighted by Gasteiger charge is 2.11. The molecule has 0 saturated carbocycles. The van der Waals surface area contributed by atoms with Gasteiger partial charge >= 0.3 is 0 Å². The minimum Gasteiger partial charge on any atom is -0.396 e. The van der Waals surface area contributed by atoms with E-state index >= 15 is 0 Å². The highest BCUT2D eigenvalue weighted by atomic mass is 16.3. The van der Waals surface area contributed by atoms with Crippen LogP contribution in [0.25, 0.3) is 10.9 Å². The van der Waals surface area contributed by atoms with Crippen molar-refractivity contribution in [3.63, 3.8) is 0 Å². The van der Waals surface area contributed by atoms with Crippen LogP contribution in [0, 0.1) is 18.8 Å². The third-order valence-electron chi connectivity index (χ3n) is 4.80. The summed E-state index contributed by atoms with van der Waals surface area (Å²) in [6.07, 6.45) is 4.96. The summed E-state index contributed by atoms with van der Waals surface area (Å²) in [4.78, 5) is 8.12. The fourth-order valence-electron chi connectivity index (χ4n) is 3.52. The second-order valence-corrected chi connectivity index (χ2v) is 7.77. The van der Waals surface area contributed by atoms with E-state index in [4.69, 9.17) is 4.99 Å². The Bertz CT molecular complexity index is 720. The summed E-state index contributed by atoms with van der Waals surface area (Å²) in [6, 6.07) is 6.55. The Morgan fingerprint density at radius 2 is 2.07 bits per heavy atom. The SMILES string of the molecule is CCNC(=NCC(CCO)CC(C)C)NCCc1c[nH]c2cc(C)ccc12. The Balaban J connectivity index is 1.92. The number of aromatic nitrogens is 1. The van der Waals surface area contributed by atoms with Gasteiger partial charge < -0.3 is 20.7 Å². The summed E-state index contributed by atoms with van der Waals surface area (Å²) >= 11 is 0. The van der Waals surface area contributed by atoms with Gasteiger partial charge in [-0.2, -0.15) is 0 Å². The zero-order chi connectivity index (χ0) is 19.6. The summed E-state index contributed by atoms with van der Waals surface area (Å²) < 4.78 is 0. The van der Waals surface area contributed by atoms with Crippen molar-refractivity contribution in [1.29, 1.82) is 0 Å². The number of nitrogens with zero attached hydrogens (tertiary/aromatic N) is 1. The number of rotatable bonds is 10. The quantitative estimate of drug-likeness (QED) is 0.380. The molecule has 150 valence electrons. The highest BCUT2D eigenvalue weighted by Crippen LogP contribution is 2.19. The average Bonchev–Trinajstić information content (AvgIpc) is 3.01. The summed E-state index contributed by atoms with van der Waals surface area (Å²) in [5, 5.41) is 17.4. The van der Waals surface area contributed by atoms with Gasteiger partial charge in [0, 0.05) is 43.3 Å². The van der Waals surface area contributed by atoms with Gasteiger partial charge in [-0.05, 0) is 62.1 Å². The van der Waals surface area contributed by atoms with Gasteiger partial charge in [-0.1, -0.05) is 26.0 Å². The molecular formula is C22H36N4O. The monoisotopic (exact) mass is 372 g/mol. The van der Waals surface area contributed by atoms with E-state index in [1.165, 1.54) is 22.0 Å². The number of aliphatic imine (C=N–C) groups is 1. The maximum absolute atomic E-state index is 9.29. The lowest BCUT2D eigenvalue weighted by Gasteiger charge is -2.17. The number of hydrogen-bond acceptors (Lipinski definition) is 2. The normalized spacial score (nSPS) is 13.3. The van der Waals surface area contributed by atoms with Gasteiger partial charge in [0.05, 0.1) is 0 Å². The molecule has 2 aromatic rings. The van der Waals surface area contributed by atoms with E-state index in [-0.39, 0.29) is 6.61 Å². The first-order chi connectivity index (χ1) is 13.0. The fourth-order valence-corrected chi connectivity index (χ4v) is 3.52. The summed E-state index contributed by atoms with van der Waals surface area (Å²) in [6.45, 7) is 11.3. The molecule has 1 unspecified atom stereocenters. The molecular weight excluding hydrogens is 336 g/mol. The minimum atomic E-state index is 0.233. The van der Waals surface area contributed by atoms with Crippen molar-refractivity contribution in [3.8, 4) is 0 Å². The van der Waals surface area contributed by atoms with Crippen LogP contribution in [0.15, 0.2) is 29.4 Å². The van der Waals surface area contributed by atoms with E-state index in [1.54, 1.807) is 0 Å². The Labute approximate surface area is 163 Å². The smallest absolute Gasteiger partial charge is 0.191 e. The van der Waals surface area contributed by atoms with Crippen molar-refractivity contribution < 1.29 is 5.11 Å². The van der Waals surface area contributed by atoms with E-state index in [2.05, 4.69) is 67.7 Å². The predicted molar refractivity (Wildman–Crippen MR) is 115 cm³/mol. The van der Waals surface area contributed by atoms with E-state index in [0.29, 0.717) is 11.8 Å². The van der Waals surface area contributed by atoms with Gasteiger partial charge in [-0.15, -0.1) is 0 Å². The van der Waals surface area contributed by atoms with Crippen molar-refractivity contribution in [3.05, 3.63) is 35.5 Å². The van der Waals surface area contributed by atoms with Crippen LogP contribution >= 0.6 is 0 Å². The number of guanidine groups is 1. The van der Waals surface area contributed by atoms with Crippen molar-refractivity contribution in [2.45, 2.75) is 47.0 Å². The molecule has 0 amide bonds. The second kappa shape index (κ2) is 11.0. The molecule has 1 aromatic carbocycles. The number of aromatic amines is 1. The van der Waals surface area contributed by atoms with Crippen LogP contribution in [0.4, 0.5) is 0 Å². The lowest BCUT2D eigenvalue weighted by Crippen LogP contribution is -2.38. The van der Waals surface area contributed by atoms with E-state index in [9.17, 15) is 5.11 Å². The Hall–Kier alpha value is -2.01. The molecule has 2 rings (SSSR count). The molecule has 0 spiro atoms. The minimum absolute atomic E-state index is 0.233. The summed E-state index contributed by atoms with van der Waals surface area (Å²) in [5.74, 6) is 1.92. The van der Waals surface area contributed by atoms with Crippen LogP contribution in [0.1, 0.15) is 44.7 Å². The summed E-state index contributed by atoms with van der Waals surface area (Å²) in [5.41, 5.74) is 3.80. The number of aliphatic hydroxyl groups excluding tert-OH is 1. The van der Waals surface area contributed by atoms with Gasteiger partial charge in [0.1, 0.15) is 0 Å². The predicted octanol–water partition coefficient (Wildman–Crippen LogP) is 3.62. The number of fused-ring (bicyclic) bond motifs is 1. The van der Waals surface area contributed by atoms with Crippen LogP contribution in [0.2, 0.25) is 0 Å². The van der Waals surface area contributed by atoms with Gasteiger partial charge in [0.2, 0.25) is 0 Å². The van der Waals surface area contributed by atoms with E-state index < -0.39 is 0 Å². The van der Waals surface area contributed by atoms with Gasteiger partial charge in [-0.3, -0.25) is 4.99 Å². The zero-order valence-corrected chi connectivity index (χ0v) is 17.3. The molecule has 0 saturated heterocycles. The molecule has 4 N–H and O–H groups in total. The molecule has 1 aromatic heterocycles. The van der Waals surface area contributed by atoms with Crippen LogP contribution < -0.4 is 10.6 Å². The van der Waals surface area contributed by atoms with Gasteiger partial charge in [0.25, 0.3) is 0 Å². The van der Waals surface area contributed by atoms with E-state index in [0.717, 1.165) is 44.9 Å². The molecule has 1 heterocycles. The Kier molecular flexibility index (Phi) is 8.65. The molecule has 5 nitrogen and oxygen atoms in total. The van der Waals surface area contributed by atoms with Gasteiger partial charge in [-0.25, -0.2) is 0 Å². The molecule has 0 aliphatic carbocycles. The maximum Gasteiger partial charge on any atom is 0.191 e. The topological polar surface area (TPSA) is 72.4 Å². The lowest BCUT2D eigenvalue weighted by atomic mass is 9.94. The largest absolute Gasteiger partial charge is 0.396 e. The third kappa shape index (κ3) is 6.90. The molecule has 0 bridgehead atoms. The average molecular weight is 373 g/mol. The fraction of sp³-hybridized carbons (Fsp3) is 0.591. The standard InChI is InChI=1S/C22H36N4O/c1-5-23-22(26-14-18(9-11-27)12-16(2)3)24-10-8-19-15-25-21-13-17(4)6-7-20(19)21/h6-7,13,15-16,18,25,27H,5,8-12,14H2,1-4H3,(H2,23,24,26). The van der Waals surface area contributed by atoms with Gasteiger partial charge in [0.15, 0.2) is 5.96 Å². The number of aryl methyl sites for hydroxylation is 1. The molecule has 27 heavy (non-hydrogen) atoms. The first-order valence-electron chi connectivity index (χ1n) is 10.2. The third-order valence-corrected chi connectivity index (χ3v) is 4.80. The van der Waals surface area contributed by atoms with Crippen LogP contribution in [-0.2, 0) is 6.42 Å². The van der Waals surface area contributed by atoms with Crippen molar-refractivity contribution >= 4 is 16.9 Å². The first kappa shape index (κ1) is 21.3. The van der Waals surface area contributed by atoms with Crippen LogP contribution in [-0.4, -0.2) is 42.3 Å². The van der Waals surface area contributed by atoms with Crippen molar-refractivity contribution in [1.82, 2.24) is 15.6 Å². The second-order valence-electron chi connectivity index (χ2n) is 7.77. The van der Waals surface area contributed by atoms with Crippen molar-refractivity contribution in [2.75, 3.05) is 26.2 Å². The Morgan fingerprint density at radius 3 is 2.78 bits per heavy atom. The highest BCUT2D eigenvalue weighted by molar-refractivity contribution is 5.84. The number of nitrogens with one attached hydrogen (secondary N) is 3. The lowest BCUT2D eigenvalue weighted by molar-refractivity contribution is 0.245. The zero-order valence-electron chi connectivity index (χ0n) is 17.3.